The SMILES string of the molecule is O=C(NCCc1ncno1)NC1(C(=O)O)CCOC1. The van der Waals surface area contributed by atoms with Crippen molar-refractivity contribution in [2.24, 2.45) is 0 Å². The van der Waals surface area contributed by atoms with E-state index in [-0.39, 0.29) is 19.6 Å². The van der Waals surface area contributed by atoms with Crippen molar-refractivity contribution >= 4 is 12.0 Å². The molecule has 19 heavy (non-hydrogen) atoms. The van der Waals surface area contributed by atoms with Gasteiger partial charge in [-0.1, -0.05) is 5.16 Å². The van der Waals surface area contributed by atoms with Crippen LogP contribution in [0.3, 0.4) is 0 Å². The molecule has 1 aromatic heterocycles. The number of hydrogen-bond donors (Lipinski definition) is 3. The number of carboxylic acids is 1. The first-order chi connectivity index (χ1) is 9.12. The van der Waals surface area contributed by atoms with Crippen LogP contribution < -0.4 is 10.6 Å². The van der Waals surface area contributed by atoms with E-state index in [9.17, 15) is 9.59 Å². The summed E-state index contributed by atoms with van der Waals surface area (Å²) in [6.45, 7) is 0.554. The minimum Gasteiger partial charge on any atom is -0.479 e. The molecule has 1 unspecified atom stereocenters. The Morgan fingerprint density at radius 1 is 1.53 bits per heavy atom. The zero-order valence-electron chi connectivity index (χ0n) is 10.1. The first-order valence-corrected chi connectivity index (χ1v) is 5.75. The molecule has 1 fully saturated rings. The lowest BCUT2D eigenvalue weighted by molar-refractivity contribution is -0.144. The van der Waals surface area contributed by atoms with E-state index in [2.05, 4.69) is 20.8 Å². The van der Waals surface area contributed by atoms with E-state index in [1.54, 1.807) is 0 Å². The Kier molecular flexibility index (Phi) is 3.95. The molecule has 0 spiro atoms. The van der Waals surface area contributed by atoms with Crippen molar-refractivity contribution in [1.82, 2.24) is 20.8 Å². The largest absolute Gasteiger partial charge is 0.479 e. The lowest BCUT2D eigenvalue weighted by Gasteiger charge is -2.23. The number of aromatic nitrogens is 2. The van der Waals surface area contributed by atoms with Crippen LogP contribution in [0.2, 0.25) is 0 Å². The molecule has 0 saturated carbocycles. The second-order valence-corrected chi connectivity index (χ2v) is 4.16. The number of carbonyl (C=O) groups is 2. The highest BCUT2D eigenvalue weighted by molar-refractivity contribution is 5.86. The summed E-state index contributed by atoms with van der Waals surface area (Å²) in [7, 11) is 0. The van der Waals surface area contributed by atoms with Gasteiger partial charge in [0.05, 0.1) is 6.61 Å². The van der Waals surface area contributed by atoms with Crippen LogP contribution >= 0.6 is 0 Å². The fraction of sp³-hybridized carbons (Fsp3) is 0.600. The summed E-state index contributed by atoms with van der Waals surface area (Å²) in [4.78, 5) is 26.6. The number of carboxylic acid groups (broad SMARTS) is 1. The van der Waals surface area contributed by atoms with Gasteiger partial charge in [0.15, 0.2) is 11.9 Å². The maximum absolute atomic E-state index is 11.6. The first-order valence-electron chi connectivity index (χ1n) is 5.75. The van der Waals surface area contributed by atoms with Crippen molar-refractivity contribution in [3.63, 3.8) is 0 Å². The topological polar surface area (TPSA) is 127 Å². The fourth-order valence-electron chi connectivity index (χ4n) is 1.74. The second-order valence-electron chi connectivity index (χ2n) is 4.16. The fourth-order valence-corrected chi connectivity index (χ4v) is 1.74. The molecule has 0 radical (unpaired) electrons. The van der Waals surface area contributed by atoms with Gasteiger partial charge in [-0.3, -0.25) is 0 Å². The van der Waals surface area contributed by atoms with Gasteiger partial charge in [0.1, 0.15) is 0 Å². The average molecular weight is 270 g/mol. The number of nitrogens with one attached hydrogen (secondary N) is 2. The van der Waals surface area contributed by atoms with Crippen LogP contribution in [0.25, 0.3) is 0 Å². The number of nitrogens with zero attached hydrogens (tertiary/aromatic N) is 2. The predicted octanol–water partition coefficient (Wildman–Crippen LogP) is -0.845. The quantitative estimate of drug-likeness (QED) is 0.636. The van der Waals surface area contributed by atoms with Gasteiger partial charge >= 0.3 is 12.0 Å². The number of amides is 2. The second kappa shape index (κ2) is 5.65. The van der Waals surface area contributed by atoms with Crippen molar-refractivity contribution in [2.75, 3.05) is 19.8 Å². The van der Waals surface area contributed by atoms with E-state index in [0.29, 0.717) is 18.9 Å². The molecule has 0 aromatic carbocycles. The Balaban J connectivity index is 1.78. The van der Waals surface area contributed by atoms with Crippen molar-refractivity contribution < 1.29 is 24.0 Å². The highest BCUT2D eigenvalue weighted by Gasteiger charge is 2.43. The molecule has 1 aromatic rings. The van der Waals surface area contributed by atoms with E-state index in [4.69, 9.17) is 14.4 Å². The van der Waals surface area contributed by atoms with Crippen LogP contribution in [0.5, 0.6) is 0 Å². The maximum atomic E-state index is 11.6. The predicted molar refractivity (Wildman–Crippen MR) is 60.3 cm³/mol. The summed E-state index contributed by atoms with van der Waals surface area (Å²) in [5.41, 5.74) is -1.34. The smallest absolute Gasteiger partial charge is 0.332 e. The molecule has 2 rings (SSSR count). The molecule has 9 heteroatoms. The van der Waals surface area contributed by atoms with Crippen molar-refractivity contribution in [3.05, 3.63) is 12.2 Å². The van der Waals surface area contributed by atoms with E-state index >= 15 is 0 Å². The highest BCUT2D eigenvalue weighted by Crippen LogP contribution is 2.18. The van der Waals surface area contributed by atoms with Gasteiger partial charge in [0.25, 0.3) is 0 Å². The molecule has 0 aliphatic carbocycles. The number of ether oxygens (including phenoxy) is 1. The highest BCUT2D eigenvalue weighted by atomic mass is 16.5. The molecule has 1 aliphatic rings. The van der Waals surface area contributed by atoms with Crippen LogP contribution in [0.1, 0.15) is 12.3 Å². The van der Waals surface area contributed by atoms with Gasteiger partial charge in [-0.2, -0.15) is 4.98 Å². The average Bonchev–Trinajstić information content (AvgIpc) is 3.00. The molecular weight excluding hydrogens is 256 g/mol. The van der Waals surface area contributed by atoms with Crippen molar-refractivity contribution in [2.45, 2.75) is 18.4 Å². The van der Waals surface area contributed by atoms with Crippen LogP contribution in [-0.4, -0.2) is 52.5 Å². The third-order valence-electron chi connectivity index (χ3n) is 2.82. The minimum absolute atomic E-state index is 0.0284. The van der Waals surface area contributed by atoms with Crippen LogP contribution in [0, 0.1) is 0 Å². The van der Waals surface area contributed by atoms with Gasteiger partial charge in [-0.05, 0) is 0 Å². The number of urea groups is 1. The van der Waals surface area contributed by atoms with E-state index in [1.807, 2.05) is 0 Å². The lowest BCUT2D eigenvalue weighted by Crippen LogP contribution is -2.57. The molecule has 1 aliphatic heterocycles. The van der Waals surface area contributed by atoms with E-state index in [0.717, 1.165) is 0 Å². The Bertz CT molecular complexity index is 441. The Morgan fingerprint density at radius 2 is 2.37 bits per heavy atom. The third kappa shape index (κ3) is 3.19. The van der Waals surface area contributed by atoms with Crippen molar-refractivity contribution in [3.8, 4) is 0 Å². The summed E-state index contributed by atoms with van der Waals surface area (Å²) in [5.74, 6) is -0.700. The molecule has 9 nitrogen and oxygen atoms in total. The molecule has 1 atom stereocenters. The summed E-state index contributed by atoms with van der Waals surface area (Å²) in [6, 6.07) is -0.563. The molecule has 2 amide bonds. The number of rotatable bonds is 5. The molecular formula is C10H14N4O5. The van der Waals surface area contributed by atoms with Crippen molar-refractivity contribution in [1.29, 1.82) is 0 Å². The minimum atomic E-state index is -1.34. The van der Waals surface area contributed by atoms with Gasteiger partial charge in [-0.25, -0.2) is 9.59 Å². The van der Waals surface area contributed by atoms with E-state index < -0.39 is 17.5 Å². The first kappa shape index (κ1) is 13.3. The molecule has 0 bridgehead atoms. The van der Waals surface area contributed by atoms with E-state index in [1.165, 1.54) is 6.33 Å². The molecule has 1 saturated heterocycles. The maximum Gasteiger partial charge on any atom is 0.332 e. The number of aliphatic carboxylic acids is 1. The van der Waals surface area contributed by atoms with Crippen LogP contribution in [-0.2, 0) is 16.0 Å². The zero-order valence-corrected chi connectivity index (χ0v) is 10.1. The number of carbonyl (C=O) groups excluding carboxylic acids is 1. The standard InChI is InChI=1S/C10H14N4O5/c15-8(16)10(2-4-18-5-10)14-9(17)11-3-1-7-12-6-13-19-7/h6H,1-5H2,(H,15,16)(H2,11,14,17). The Morgan fingerprint density at radius 3 is 2.95 bits per heavy atom. The molecule has 2 heterocycles. The van der Waals surface area contributed by atoms with Crippen LogP contribution in [0.4, 0.5) is 4.79 Å². The Labute approximate surface area is 108 Å². The monoisotopic (exact) mass is 270 g/mol. The third-order valence-corrected chi connectivity index (χ3v) is 2.82. The lowest BCUT2D eigenvalue weighted by atomic mass is 9.99. The summed E-state index contributed by atoms with van der Waals surface area (Å²) in [5, 5.41) is 17.5. The summed E-state index contributed by atoms with van der Waals surface area (Å²) in [6.07, 6.45) is 1.90. The normalized spacial score (nSPS) is 22.1. The molecule has 3 N–H and O–H groups in total. The zero-order chi connectivity index (χ0) is 13.7. The van der Waals surface area contributed by atoms with Crippen LogP contribution in [0.15, 0.2) is 10.9 Å². The number of hydrogen-bond acceptors (Lipinski definition) is 6. The molecule has 104 valence electrons. The van der Waals surface area contributed by atoms with Gasteiger partial charge in [-0.15, -0.1) is 0 Å². The summed E-state index contributed by atoms with van der Waals surface area (Å²) < 4.78 is 9.79. The van der Waals surface area contributed by atoms with Gasteiger partial charge in [0, 0.05) is 26.0 Å². The van der Waals surface area contributed by atoms with Gasteiger partial charge < -0.3 is 25.0 Å². The Hall–Kier alpha value is -2.16. The van der Waals surface area contributed by atoms with Gasteiger partial charge in [0.2, 0.25) is 5.89 Å². The summed E-state index contributed by atoms with van der Waals surface area (Å²) >= 11 is 0.